The minimum Gasteiger partial charge on any atom is -0.465 e. The van der Waals surface area contributed by atoms with Crippen LogP contribution in [-0.4, -0.2) is 41.3 Å². The summed E-state index contributed by atoms with van der Waals surface area (Å²) in [5.41, 5.74) is 1.61. The molecule has 1 aromatic rings. The number of aryl methyl sites for hydroxylation is 1. The molecule has 0 heterocycles. The molecule has 164 valence electrons. The molecule has 0 aliphatic heterocycles. The van der Waals surface area contributed by atoms with Crippen molar-refractivity contribution in [2.45, 2.75) is 70.5 Å². The Morgan fingerprint density at radius 2 is 2.00 bits per heavy atom. The van der Waals surface area contributed by atoms with E-state index in [1.54, 1.807) is 12.1 Å². The zero-order valence-corrected chi connectivity index (χ0v) is 18.0. The van der Waals surface area contributed by atoms with Crippen molar-refractivity contribution < 1.29 is 24.5 Å². The number of hydrogen-bond donors (Lipinski definition) is 2. The number of carbonyl (C=O) groups excluding carboxylic acids is 2. The van der Waals surface area contributed by atoms with Crippen LogP contribution >= 0.6 is 0 Å². The van der Waals surface area contributed by atoms with E-state index in [1.165, 1.54) is 13.5 Å². The second kappa shape index (κ2) is 9.88. The van der Waals surface area contributed by atoms with Crippen LogP contribution in [0.5, 0.6) is 0 Å². The summed E-state index contributed by atoms with van der Waals surface area (Å²) in [6.07, 6.45) is 9.39. The van der Waals surface area contributed by atoms with Gasteiger partial charge in [-0.2, -0.15) is 0 Å². The summed E-state index contributed by atoms with van der Waals surface area (Å²) in [5, 5.41) is 21.0. The number of aliphatic hydroxyl groups is 2. The Labute approximate surface area is 179 Å². The fourth-order valence-corrected chi connectivity index (χ4v) is 5.01. The first kappa shape index (κ1) is 22.7. The Hall–Kier alpha value is -1.98. The number of ketones is 1. The van der Waals surface area contributed by atoms with E-state index in [0.29, 0.717) is 24.8 Å². The quantitative estimate of drug-likeness (QED) is 0.474. The zero-order valence-electron chi connectivity index (χ0n) is 18.0. The van der Waals surface area contributed by atoms with Gasteiger partial charge in [0.15, 0.2) is 0 Å². The fourth-order valence-electron chi connectivity index (χ4n) is 5.01. The predicted molar refractivity (Wildman–Crippen MR) is 115 cm³/mol. The number of esters is 1. The van der Waals surface area contributed by atoms with Gasteiger partial charge in [0, 0.05) is 18.3 Å². The predicted octanol–water partition coefficient (Wildman–Crippen LogP) is 3.86. The first-order valence-corrected chi connectivity index (χ1v) is 11.1. The van der Waals surface area contributed by atoms with E-state index in [2.05, 4.69) is 6.92 Å². The third-order valence-electron chi connectivity index (χ3n) is 7.33. The molecule has 2 N–H and O–H groups in total. The first-order chi connectivity index (χ1) is 14.4. The lowest BCUT2D eigenvalue weighted by molar-refractivity contribution is -0.121. The molecule has 0 aromatic heterocycles. The van der Waals surface area contributed by atoms with Gasteiger partial charge in [0.25, 0.3) is 0 Å². The molecular formula is C25H34O5. The van der Waals surface area contributed by atoms with Gasteiger partial charge in [-0.3, -0.25) is 4.79 Å². The summed E-state index contributed by atoms with van der Waals surface area (Å²) in [4.78, 5) is 24.0. The first-order valence-electron chi connectivity index (χ1n) is 11.1. The second-order valence-corrected chi connectivity index (χ2v) is 8.90. The van der Waals surface area contributed by atoms with E-state index < -0.39 is 6.10 Å². The van der Waals surface area contributed by atoms with Gasteiger partial charge in [0.05, 0.1) is 24.9 Å². The molecule has 2 fully saturated rings. The average molecular weight is 415 g/mol. The third-order valence-corrected chi connectivity index (χ3v) is 7.33. The smallest absolute Gasteiger partial charge is 0.337 e. The van der Waals surface area contributed by atoms with E-state index in [0.717, 1.165) is 24.8 Å². The monoisotopic (exact) mass is 414 g/mol. The zero-order chi connectivity index (χ0) is 21.7. The topological polar surface area (TPSA) is 83.8 Å². The van der Waals surface area contributed by atoms with Gasteiger partial charge < -0.3 is 14.9 Å². The highest BCUT2D eigenvalue weighted by Gasteiger charge is 2.42. The number of rotatable bonds is 9. The van der Waals surface area contributed by atoms with Crippen LogP contribution in [0.1, 0.15) is 67.8 Å². The van der Waals surface area contributed by atoms with Crippen LogP contribution in [0.25, 0.3) is 0 Å². The number of methoxy groups -OCH3 is 1. The van der Waals surface area contributed by atoms with Crippen molar-refractivity contribution in [1.82, 2.24) is 0 Å². The van der Waals surface area contributed by atoms with E-state index in [4.69, 9.17) is 4.74 Å². The molecule has 0 amide bonds. The van der Waals surface area contributed by atoms with Crippen molar-refractivity contribution in [3.8, 4) is 0 Å². The molecular weight excluding hydrogens is 380 g/mol. The van der Waals surface area contributed by atoms with Gasteiger partial charge in [-0.05, 0) is 61.6 Å². The molecule has 3 rings (SSSR count). The molecule has 2 aliphatic carbocycles. The molecule has 5 heteroatoms. The van der Waals surface area contributed by atoms with E-state index >= 15 is 0 Å². The number of carbonyl (C=O) groups is 2. The maximum absolute atomic E-state index is 12.5. The summed E-state index contributed by atoms with van der Waals surface area (Å²) in [5.74, 6) is -0.668. The molecule has 2 saturated carbocycles. The summed E-state index contributed by atoms with van der Waals surface area (Å²) in [6.45, 7) is 2.14. The van der Waals surface area contributed by atoms with Crippen molar-refractivity contribution >= 4 is 11.8 Å². The number of ether oxygens (including phenoxy) is 1. The largest absolute Gasteiger partial charge is 0.465 e. The Kier molecular flexibility index (Phi) is 7.48. The normalized spacial score (nSPS) is 26.5. The van der Waals surface area contributed by atoms with Gasteiger partial charge in [-0.1, -0.05) is 37.6 Å². The average Bonchev–Trinajstić information content (AvgIpc) is 2.98. The summed E-state index contributed by atoms with van der Waals surface area (Å²) < 4.78 is 4.71. The Balaban J connectivity index is 1.57. The van der Waals surface area contributed by atoms with Crippen molar-refractivity contribution in [2.24, 2.45) is 17.3 Å². The van der Waals surface area contributed by atoms with Gasteiger partial charge in [-0.25, -0.2) is 4.79 Å². The van der Waals surface area contributed by atoms with Crippen molar-refractivity contribution in [3.05, 3.63) is 47.5 Å². The summed E-state index contributed by atoms with van der Waals surface area (Å²) in [7, 11) is 1.36. The highest BCUT2D eigenvalue weighted by Crippen LogP contribution is 2.47. The van der Waals surface area contributed by atoms with Crippen LogP contribution in [-0.2, 0) is 16.0 Å². The molecule has 0 saturated heterocycles. The lowest BCUT2D eigenvalue weighted by Crippen LogP contribution is -2.40. The van der Waals surface area contributed by atoms with Gasteiger partial charge in [-0.15, -0.1) is 0 Å². The lowest BCUT2D eigenvalue weighted by atomic mass is 9.63. The second-order valence-electron chi connectivity index (χ2n) is 8.90. The fraction of sp³-hybridized carbons (Fsp3) is 0.600. The van der Waals surface area contributed by atoms with Crippen LogP contribution in [0.15, 0.2) is 36.4 Å². The Morgan fingerprint density at radius 1 is 1.30 bits per heavy atom. The molecule has 30 heavy (non-hydrogen) atoms. The number of aliphatic hydroxyl groups excluding tert-OH is 2. The van der Waals surface area contributed by atoms with Crippen LogP contribution in [0.3, 0.4) is 0 Å². The molecule has 1 unspecified atom stereocenters. The minimum atomic E-state index is -0.651. The maximum atomic E-state index is 12.5. The number of Topliss-reactive ketones (excluding diaryl/α,β-unsaturated/α-hetero) is 1. The Bertz CT molecular complexity index is 757. The van der Waals surface area contributed by atoms with Crippen LogP contribution in [0.2, 0.25) is 0 Å². The van der Waals surface area contributed by atoms with Crippen LogP contribution < -0.4 is 0 Å². The van der Waals surface area contributed by atoms with Gasteiger partial charge in [0.2, 0.25) is 0 Å². The molecule has 2 aliphatic rings. The van der Waals surface area contributed by atoms with Crippen molar-refractivity contribution in [3.63, 3.8) is 0 Å². The molecule has 0 spiro atoms. The standard InChI is InChI=1S/C25H34O5/c1-3-25(14-5-15-25)23(28)7-4-6-19-20(22(27)16-21(19)26)13-10-17-8-11-18(12-9-17)24(29)30-2/h4,6,8-9,11-12,19-21,23,26,28H,3,5,7,10,13-16H2,1-2H3/b6-4+/t19-,20-,21-,23?/m1/s1. The minimum absolute atomic E-state index is 0.0597. The highest BCUT2D eigenvalue weighted by atomic mass is 16.5. The van der Waals surface area contributed by atoms with E-state index in [9.17, 15) is 19.8 Å². The molecule has 0 radical (unpaired) electrons. The molecule has 1 aromatic carbocycles. The van der Waals surface area contributed by atoms with E-state index in [-0.39, 0.29) is 41.5 Å². The van der Waals surface area contributed by atoms with Crippen LogP contribution in [0, 0.1) is 17.3 Å². The molecule has 5 nitrogen and oxygen atoms in total. The highest BCUT2D eigenvalue weighted by molar-refractivity contribution is 5.89. The van der Waals surface area contributed by atoms with Gasteiger partial charge >= 0.3 is 5.97 Å². The molecule has 4 atom stereocenters. The molecule has 0 bridgehead atoms. The lowest BCUT2D eigenvalue weighted by Gasteiger charge is -2.45. The van der Waals surface area contributed by atoms with Crippen LogP contribution in [0.4, 0.5) is 0 Å². The van der Waals surface area contributed by atoms with Crippen molar-refractivity contribution in [2.75, 3.05) is 7.11 Å². The third kappa shape index (κ3) is 4.84. The summed E-state index contributed by atoms with van der Waals surface area (Å²) in [6, 6.07) is 7.23. The Morgan fingerprint density at radius 3 is 2.57 bits per heavy atom. The number of benzene rings is 1. The van der Waals surface area contributed by atoms with Crippen molar-refractivity contribution in [1.29, 1.82) is 0 Å². The van der Waals surface area contributed by atoms with E-state index in [1.807, 2.05) is 24.3 Å². The number of hydrogen-bond acceptors (Lipinski definition) is 5. The summed E-state index contributed by atoms with van der Waals surface area (Å²) >= 11 is 0. The maximum Gasteiger partial charge on any atom is 0.337 e. The van der Waals surface area contributed by atoms with Gasteiger partial charge in [0.1, 0.15) is 5.78 Å². The SMILES string of the molecule is CCC1(C(O)C/C=C/[C@H]2[C@H](O)CC(=O)[C@@H]2CCc2ccc(C(=O)OC)cc2)CCC1.